The number of hydrogen-bond acceptors (Lipinski definition) is 7. The first-order valence-electron chi connectivity index (χ1n) is 10.8. The molecule has 0 bridgehead atoms. The number of amides is 1. The van der Waals surface area contributed by atoms with E-state index in [1.807, 2.05) is 4.90 Å². The second-order valence-electron chi connectivity index (χ2n) is 8.16. The molecular weight excluding hydrogens is 497 g/mol. The SMILES string of the molecule is COc1ccc(NS(=O)(=O)c2ccc(N3CC[C@H](N4CCc5c4ccc(F)c5Cl)C3=O)cc2)nn1.[HH]. The molecule has 3 heterocycles. The van der Waals surface area contributed by atoms with E-state index >= 15 is 0 Å². The molecule has 2 aromatic carbocycles. The van der Waals surface area contributed by atoms with Crippen molar-refractivity contribution in [3.05, 3.63) is 64.9 Å². The number of nitrogens with zero attached hydrogens (tertiary/aromatic N) is 4. The van der Waals surface area contributed by atoms with E-state index in [1.165, 1.54) is 37.4 Å². The van der Waals surface area contributed by atoms with E-state index in [1.54, 1.807) is 23.1 Å². The van der Waals surface area contributed by atoms with Crippen LogP contribution in [-0.4, -0.2) is 50.8 Å². The summed E-state index contributed by atoms with van der Waals surface area (Å²) in [7, 11) is -2.47. The third kappa shape index (κ3) is 4.25. The molecule has 0 aliphatic carbocycles. The van der Waals surface area contributed by atoms with E-state index in [0.29, 0.717) is 31.6 Å². The second kappa shape index (κ2) is 8.97. The summed E-state index contributed by atoms with van der Waals surface area (Å²) in [4.78, 5) is 16.9. The molecule has 35 heavy (non-hydrogen) atoms. The van der Waals surface area contributed by atoms with Crippen molar-refractivity contribution < 1.29 is 23.8 Å². The molecule has 1 fully saturated rings. The Morgan fingerprint density at radius 2 is 1.89 bits per heavy atom. The second-order valence-corrected chi connectivity index (χ2v) is 10.2. The van der Waals surface area contributed by atoms with Gasteiger partial charge in [-0.25, -0.2) is 12.8 Å². The van der Waals surface area contributed by atoms with Crippen molar-refractivity contribution in [2.45, 2.75) is 23.8 Å². The van der Waals surface area contributed by atoms with Gasteiger partial charge in [-0.1, -0.05) is 11.6 Å². The van der Waals surface area contributed by atoms with Gasteiger partial charge in [-0.3, -0.25) is 9.52 Å². The number of ether oxygens (including phenoxy) is 1. The van der Waals surface area contributed by atoms with Gasteiger partial charge in [0.1, 0.15) is 11.9 Å². The number of anilines is 3. The number of carbonyl (C=O) groups excluding carboxylic acids is 1. The lowest BCUT2D eigenvalue weighted by Gasteiger charge is -2.26. The van der Waals surface area contributed by atoms with Crippen molar-refractivity contribution in [3.63, 3.8) is 0 Å². The van der Waals surface area contributed by atoms with Gasteiger partial charge in [0.25, 0.3) is 10.0 Å². The quantitative estimate of drug-likeness (QED) is 0.531. The summed E-state index contributed by atoms with van der Waals surface area (Å²) in [5.41, 5.74) is 2.10. The number of hydrogen-bond donors (Lipinski definition) is 1. The van der Waals surface area contributed by atoms with Crippen molar-refractivity contribution >= 4 is 44.7 Å². The lowest BCUT2D eigenvalue weighted by molar-refractivity contribution is -0.118. The maximum atomic E-state index is 13.8. The molecule has 0 saturated carbocycles. The minimum absolute atomic E-state index is 0. The fraction of sp³-hybridized carbons (Fsp3) is 0.261. The first-order chi connectivity index (χ1) is 16.8. The summed E-state index contributed by atoms with van der Waals surface area (Å²) in [6.45, 7) is 1.07. The highest BCUT2D eigenvalue weighted by atomic mass is 35.5. The van der Waals surface area contributed by atoms with Gasteiger partial charge in [-0.15, -0.1) is 10.2 Å². The monoisotopic (exact) mass is 519 g/mol. The van der Waals surface area contributed by atoms with Gasteiger partial charge in [0.05, 0.1) is 17.0 Å². The summed E-state index contributed by atoms with van der Waals surface area (Å²) >= 11 is 6.12. The molecule has 1 aromatic heterocycles. The zero-order valence-electron chi connectivity index (χ0n) is 18.6. The van der Waals surface area contributed by atoms with Gasteiger partial charge < -0.3 is 14.5 Å². The third-order valence-electron chi connectivity index (χ3n) is 6.18. The highest BCUT2D eigenvalue weighted by molar-refractivity contribution is 7.92. The lowest BCUT2D eigenvalue weighted by Crippen LogP contribution is -2.41. The van der Waals surface area contributed by atoms with Crippen LogP contribution < -0.4 is 19.3 Å². The molecule has 9 nitrogen and oxygen atoms in total. The standard InChI is InChI=1S/C23H21ClFN5O4S.H2/c1-34-21-9-8-20(26-27-21)28-35(32,33)15-4-2-14(3-5-15)29-13-11-19(23(29)31)30-12-10-16-18(30)7-6-17(25)22(16)24;/h2-9,19H,10-13H2,1H3,(H,26,28);1H/t19-;/m0./s1. The van der Waals surface area contributed by atoms with Gasteiger partial charge in [0, 0.05) is 32.0 Å². The molecule has 1 saturated heterocycles. The first-order valence-corrected chi connectivity index (χ1v) is 12.7. The number of benzene rings is 2. The topological polar surface area (TPSA) is 105 Å². The molecule has 184 valence electrons. The van der Waals surface area contributed by atoms with E-state index in [2.05, 4.69) is 14.9 Å². The van der Waals surface area contributed by atoms with Crippen LogP contribution in [0, 0.1) is 5.82 Å². The van der Waals surface area contributed by atoms with Crippen LogP contribution in [-0.2, 0) is 21.2 Å². The van der Waals surface area contributed by atoms with Crippen molar-refractivity contribution in [2.75, 3.05) is 34.7 Å². The predicted octanol–water partition coefficient (Wildman–Crippen LogP) is 3.49. The van der Waals surface area contributed by atoms with E-state index in [4.69, 9.17) is 16.3 Å². The number of methoxy groups -OCH3 is 1. The summed E-state index contributed by atoms with van der Waals surface area (Å²) in [5, 5.41) is 7.62. The summed E-state index contributed by atoms with van der Waals surface area (Å²) in [5.74, 6) is -0.243. The molecule has 0 spiro atoms. The predicted molar refractivity (Wildman–Crippen MR) is 131 cm³/mol. The van der Waals surface area contributed by atoms with Crippen LogP contribution in [0.15, 0.2) is 53.4 Å². The Balaban J connectivity index is 0.00000304. The van der Waals surface area contributed by atoms with Crippen molar-refractivity contribution in [2.24, 2.45) is 0 Å². The molecule has 2 aliphatic heterocycles. The number of fused-ring (bicyclic) bond motifs is 1. The van der Waals surface area contributed by atoms with Crippen molar-refractivity contribution in [1.82, 2.24) is 10.2 Å². The number of rotatable bonds is 6. The van der Waals surface area contributed by atoms with Crippen LogP contribution >= 0.6 is 11.6 Å². The minimum Gasteiger partial charge on any atom is -0.480 e. The largest absolute Gasteiger partial charge is 0.480 e. The normalized spacial score (nSPS) is 17.6. The van der Waals surface area contributed by atoms with Gasteiger partial charge in [-0.2, -0.15) is 0 Å². The van der Waals surface area contributed by atoms with Crippen LogP contribution in [0.4, 0.5) is 21.6 Å². The molecule has 1 atom stereocenters. The average molecular weight is 520 g/mol. The molecule has 1 N–H and O–H groups in total. The van der Waals surface area contributed by atoms with Crippen molar-refractivity contribution in [3.8, 4) is 5.88 Å². The number of carbonyl (C=O) groups is 1. The maximum absolute atomic E-state index is 13.8. The van der Waals surface area contributed by atoms with E-state index in [9.17, 15) is 17.6 Å². The summed E-state index contributed by atoms with van der Waals surface area (Å²) in [6, 6.07) is 11.6. The molecule has 3 aromatic rings. The fourth-order valence-electron chi connectivity index (χ4n) is 4.46. The Labute approximate surface area is 208 Å². The van der Waals surface area contributed by atoms with Gasteiger partial charge in [-0.05, 0) is 60.9 Å². The van der Waals surface area contributed by atoms with Gasteiger partial charge >= 0.3 is 0 Å². The summed E-state index contributed by atoms with van der Waals surface area (Å²) in [6.07, 6.45) is 1.17. The minimum atomic E-state index is -3.90. The molecule has 0 radical (unpaired) electrons. The Bertz CT molecular complexity index is 1390. The van der Waals surface area contributed by atoms with Crippen LogP contribution in [0.25, 0.3) is 0 Å². The molecule has 2 aliphatic rings. The number of halogens is 2. The molecular formula is C23H23ClFN5O4S. The Kier molecular flexibility index (Phi) is 5.97. The smallest absolute Gasteiger partial charge is 0.263 e. The van der Waals surface area contributed by atoms with Gasteiger partial charge in [0.2, 0.25) is 11.8 Å². The lowest BCUT2D eigenvalue weighted by atomic mass is 10.1. The van der Waals surface area contributed by atoms with E-state index in [0.717, 1.165) is 11.3 Å². The number of aromatic nitrogens is 2. The van der Waals surface area contributed by atoms with Crippen LogP contribution in [0.5, 0.6) is 5.88 Å². The Morgan fingerprint density at radius 1 is 1.11 bits per heavy atom. The van der Waals surface area contributed by atoms with E-state index in [-0.39, 0.29) is 28.9 Å². The Morgan fingerprint density at radius 3 is 2.57 bits per heavy atom. The highest BCUT2D eigenvalue weighted by Gasteiger charge is 2.39. The van der Waals surface area contributed by atoms with Gasteiger partial charge in [0.15, 0.2) is 5.82 Å². The highest BCUT2D eigenvalue weighted by Crippen LogP contribution is 2.38. The zero-order chi connectivity index (χ0) is 24.7. The zero-order valence-corrected chi connectivity index (χ0v) is 20.2. The van der Waals surface area contributed by atoms with Crippen LogP contribution in [0.2, 0.25) is 5.02 Å². The average Bonchev–Trinajstić information content (AvgIpc) is 3.45. The number of nitrogens with one attached hydrogen (secondary N) is 1. The van der Waals surface area contributed by atoms with Crippen LogP contribution in [0.1, 0.15) is 13.4 Å². The van der Waals surface area contributed by atoms with E-state index < -0.39 is 21.9 Å². The van der Waals surface area contributed by atoms with Crippen molar-refractivity contribution in [1.29, 1.82) is 0 Å². The molecule has 5 rings (SSSR count). The number of sulfonamides is 1. The molecule has 12 heteroatoms. The first kappa shape index (κ1) is 23.3. The Hall–Kier alpha value is -3.44. The third-order valence-corrected chi connectivity index (χ3v) is 7.96. The fourth-order valence-corrected chi connectivity index (χ4v) is 5.71. The summed E-state index contributed by atoms with van der Waals surface area (Å²) < 4.78 is 46.5. The van der Waals surface area contributed by atoms with Crippen LogP contribution in [0.3, 0.4) is 0 Å². The maximum Gasteiger partial charge on any atom is 0.263 e. The molecule has 1 amide bonds. The molecule has 0 unspecified atom stereocenters.